The van der Waals surface area contributed by atoms with Crippen LogP contribution in [-0.2, 0) is 35.1 Å². The van der Waals surface area contributed by atoms with Gasteiger partial charge in [-0.25, -0.2) is 19.3 Å². The summed E-state index contributed by atoms with van der Waals surface area (Å²) in [5.74, 6) is -1.76. The SMILES string of the molecule is CC(=O)O[C@@H](C(=O)OCc1ccccc1)[C@@H](c1ccccc1)N(C(=O)OC(C)(C)C)C(=O)OC(C)(C)C. The minimum absolute atomic E-state index is 0.113. The molecule has 0 spiro atoms. The van der Waals surface area contributed by atoms with Crippen LogP contribution in [0.25, 0.3) is 0 Å². The maximum atomic E-state index is 13.4. The fourth-order valence-corrected chi connectivity index (χ4v) is 3.26. The van der Waals surface area contributed by atoms with E-state index >= 15 is 0 Å². The highest BCUT2D eigenvalue weighted by Gasteiger charge is 2.46. The third kappa shape index (κ3) is 9.59. The molecule has 0 N–H and O–H groups in total. The first-order chi connectivity index (χ1) is 17.2. The fourth-order valence-electron chi connectivity index (χ4n) is 3.26. The van der Waals surface area contributed by atoms with Crippen molar-refractivity contribution in [1.29, 1.82) is 0 Å². The number of hydrogen-bond donors (Lipinski definition) is 0. The quantitative estimate of drug-likeness (QED) is 0.349. The van der Waals surface area contributed by atoms with Crippen molar-refractivity contribution in [3.8, 4) is 0 Å². The van der Waals surface area contributed by atoms with Gasteiger partial charge in [0.05, 0.1) is 0 Å². The fraction of sp³-hybridized carbons (Fsp3) is 0.429. The minimum atomic E-state index is -1.70. The average molecular weight is 514 g/mol. The highest BCUT2D eigenvalue weighted by atomic mass is 16.6. The van der Waals surface area contributed by atoms with Crippen LogP contribution in [-0.4, -0.2) is 46.3 Å². The van der Waals surface area contributed by atoms with Gasteiger partial charge in [-0.3, -0.25) is 4.79 Å². The number of nitrogens with zero attached hydrogens (tertiary/aromatic N) is 1. The molecular weight excluding hydrogens is 478 g/mol. The zero-order valence-corrected chi connectivity index (χ0v) is 22.3. The van der Waals surface area contributed by atoms with Gasteiger partial charge in [0.2, 0.25) is 6.10 Å². The van der Waals surface area contributed by atoms with Crippen molar-refractivity contribution in [1.82, 2.24) is 4.90 Å². The normalized spacial score (nSPS) is 13.1. The summed E-state index contributed by atoms with van der Waals surface area (Å²) >= 11 is 0. The van der Waals surface area contributed by atoms with Crippen molar-refractivity contribution in [3.05, 3.63) is 71.8 Å². The van der Waals surface area contributed by atoms with E-state index in [2.05, 4.69) is 0 Å². The Kier molecular flexibility index (Phi) is 9.82. The van der Waals surface area contributed by atoms with Crippen molar-refractivity contribution in [2.75, 3.05) is 0 Å². The van der Waals surface area contributed by atoms with E-state index in [0.29, 0.717) is 16.0 Å². The van der Waals surface area contributed by atoms with Gasteiger partial charge in [0.15, 0.2) is 0 Å². The Hall–Kier alpha value is -3.88. The Morgan fingerprint density at radius 3 is 1.65 bits per heavy atom. The molecular formula is C28H35NO8. The molecule has 37 heavy (non-hydrogen) atoms. The number of ether oxygens (including phenoxy) is 4. The number of amides is 2. The summed E-state index contributed by atoms with van der Waals surface area (Å²) in [5.41, 5.74) is -0.945. The van der Waals surface area contributed by atoms with Gasteiger partial charge in [0, 0.05) is 6.92 Å². The monoisotopic (exact) mass is 513 g/mol. The largest absolute Gasteiger partial charge is 0.458 e. The Labute approximate surface area is 217 Å². The first-order valence-electron chi connectivity index (χ1n) is 11.9. The zero-order chi connectivity index (χ0) is 27.8. The number of carbonyl (C=O) groups excluding carboxylic acids is 4. The van der Waals surface area contributed by atoms with E-state index in [1.165, 1.54) is 0 Å². The molecule has 0 heterocycles. The van der Waals surface area contributed by atoms with E-state index < -0.39 is 47.5 Å². The Balaban J connectivity index is 2.60. The molecule has 9 nitrogen and oxygen atoms in total. The molecule has 2 aromatic rings. The molecule has 0 aliphatic heterocycles. The highest BCUT2D eigenvalue weighted by Crippen LogP contribution is 2.31. The molecule has 2 atom stereocenters. The molecule has 0 saturated carbocycles. The Morgan fingerprint density at radius 2 is 1.22 bits per heavy atom. The molecule has 0 fully saturated rings. The van der Waals surface area contributed by atoms with E-state index in [9.17, 15) is 19.2 Å². The predicted molar refractivity (Wildman–Crippen MR) is 135 cm³/mol. The van der Waals surface area contributed by atoms with Crippen LogP contribution in [0.4, 0.5) is 9.59 Å². The van der Waals surface area contributed by atoms with Crippen LogP contribution in [0.2, 0.25) is 0 Å². The third-order valence-electron chi connectivity index (χ3n) is 4.64. The van der Waals surface area contributed by atoms with Crippen molar-refractivity contribution in [3.63, 3.8) is 0 Å². The van der Waals surface area contributed by atoms with Gasteiger partial charge in [0.25, 0.3) is 0 Å². The Bertz CT molecular complexity index is 1040. The highest BCUT2D eigenvalue weighted by molar-refractivity contribution is 5.90. The standard InChI is InChI=1S/C28H35NO8/c1-19(30)35-23(24(31)34-18-20-14-10-8-11-15-20)22(21-16-12-9-13-17-21)29(25(32)36-27(2,3)4)26(33)37-28(5,6)7/h8-17,22-23H,18H2,1-7H3/t22-,23-/m1/s1. The number of benzene rings is 2. The predicted octanol–water partition coefficient (Wildman–Crippen LogP) is 5.58. The van der Waals surface area contributed by atoms with Gasteiger partial charge >= 0.3 is 24.1 Å². The maximum Gasteiger partial charge on any atom is 0.420 e. The number of imide groups is 1. The summed E-state index contributed by atoms with van der Waals surface area (Å²) in [7, 11) is 0. The maximum absolute atomic E-state index is 13.4. The van der Waals surface area contributed by atoms with E-state index in [1.54, 1.807) is 96.1 Å². The number of carbonyl (C=O) groups is 4. The van der Waals surface area contributed by atoms with Crippen molar-refractivity contribution in [2.24, 2.45) is 0 Å². The summed E-state index contributed by atoms with van der Waals surface area (Å²) in [6.07, 6.45) is -3.86. The number of hydrogen-bond acceptors (Lipinski definition) is 8. The van der Waals surface area contributed by atoms with E-state index in [-0.39, 0.29) is 6.61 Å². The molecule has 0 bridgehead atoms. The van der Waals surface area contributed by atoms with Crippen LogP contribution >= 0.6 is 0 Å². The molecule has 0 aromatic heterocycles. The molecule has 0 aliphatic carbocycles. The van der Waals surface area contributed by atoms with Crippen LogP contribution in [0, 0.1) is 0 Å². The van der Waals surface area contributed by atoms with Crippen molar-refractivity contribution < 1.29 is 38.1 Å². The topological polar surface area (TPSA) is 108 Å². The van der Waals surface area contributed by atoms with Crippen LogP contribution in [0.3, 0.4) is 0 Å². The summed E-state index contributed by atoms with van der Waals surface area (Å²) in [4.78, 5) is 52.9. The Morgan fingerprint density at radius 1 is 0.757 bits per heavy atom. The molecule has 0 radical (unpaired) electrons. The van der Waals surface area contributed by atoms with E-state index in [1.807, 2.05) is 6.07 Å². The summed E-state index contributed by atoms with van der Waals surface area (Å²) in [6.45, 7) is 10.8. The van der Waals surface area contributed by atoms with Gasteiger partial charge < -0.3 is 18.9 Å². The average Bonchev–Trinajstić information content (AvgIpc) is 2.78. The molecule has 2 rings (SSSR count). The lowest BCUT2D eigenvalue weighted by Crippen LogP contribution is -2.51. The first-order valence-corrected chi connectivity index (χ1v) is 11.9. The molecule has 200 valence electrons. The molecule has 2 amide bonds. The summed E-state index contributed by atoms with van der Waals surface area (Å²) in [5, 5.41) is 0. The minimum Gasteiger partial charge on any atom is -0.458 e. The molecule has 2 aromatic carbocycles. The number of esters is 2. The lowest BCUT2D eigenvalue weighted by Gasteiger charge is -2.36. The number of rotatable bonds is 7. The van der Waals surface area contributed by atoms with E-state index in [4.69, 9.17) is 18.9 Å². The van der Waals surface area contributed by atoms with Crippen LogP contribution in [0.15, 0.2) is 60.7 Å². The zero-order valence-electron chi connectivity index (χ0n) is 22.3. The van der Waals surface area contributed by atoms with Crippen LogP contribution in [0.1, 0.15) is 65.6 Å². The van der Waals surface area contributed by atoms with Gasteiger partial charge in [-0.2, -0.15) is 0 Å². The second kappa shape index (κ2) is 12.4. The van der Waals surface area contributed by atoms with Crippen LogP contribution < -0.4 is 0 Å². The molecule has 9 heteroatoms. The third-order valence-corrected chi connectivity index (χ3v) is 4.64. The van der Waals surface area contributed by atoms with Gasteiger partial charge in [-0.1, -0.05) is 60.7 Å². The van der Waals surface area contributed by atoms with Crippen molar-refractivity contribution >= 4 is 24.1 Å². The summed E-state index contributed by atoms with van der Waals surface area (Å²) in [6, 6.07) is 15.7. The van der Waals surface area contributed by atoms with Crippen molar-refractivity contribution in [2.45, 2.75) is 78.4 Å². The second-order valence-electron chi connectivity index (χ2n) is 10.3. The van der Waals surface area contributed by atoms with Gasteiger partial charge in [-0.05, 0) is 52.7 Å². The molecule has 0 unspecified atom stereocenters. The summed E-state index contributed by atoms with van der Waals surface area (Å²) < 4.78 is 21.8. The smallest absolute Gasteiger partial charge is 0.420 e. The van der Waals surface area contributed by atoms with E-state index in [0.717, 1.165) is 6.92 Å². The molecule has 0 saturated heterocycles. The van der Waals surface area contributed by atoms with Gasteiger partial charge in [-0.15, -0.1) is 0 Å². The van der Waals surface area contributed by atoms with Gasteiger partial charge in [0.1, 0.15) is 23.9 Å². The lowest BCUT2D eigenvalue weighted by atomic mass is 9.99. The first kappa shape index (κ1) is 29.4. The van der Waals surface area contributed by atoms with Crippen LogP contribution in [0.5, 0.6) is 0 Å². The second-order valence-corrected chi connectivity index (χ2v) is 10.3. The molecule has 0 aliphatic rings. The lowest BCUT2D eigenvalue weighted by molar-refractivity contribution is -0.172.